The van der Waals surface area contributed by atoms with Crippen molar-refractivity contribution >= 4 is 35.3 Å². The van der Waals surface area contributed by atoms with Crippen LogP contribution in [0.15, 0.2) is 28.7 Å². The molecule has 0 aliphatic rings. The molecule has 0 saturated carbocycles. The highest BCUT2D eigenvalue weighted by Gasteiger charge is 2.13. The maximum atomic E-state index is 9.28. The zero-order valence-corrected chi connectivity index (χ0v) is 12.6. The van der Waals surface area contributed by atoms with Gasteiger partial charge in [-0.25, -0.2) is 4.98 Å². The number of aryl methyl sites for hydroxylation is 1. The van der Waals surface area contributed by atoms with E-state index in [0.29, 0.717) is 28.5 Å². The van der Waals surface area contributed by atoms with E-state index in [4.69, 9.17) is 4.74 Å². The molecule has 21 heavy (non-hydrogen) atoms. The van der Waals surface area contributed by atoms with Crippen LogP contribution in [-0.2, 0) is 0 Å². The van der Waals surface area contributed by atoms with E-state index in [1.807, 2.05) is 19.2 Å². The summed E-state index contributed by atoms with van der Waals surface area (Å²) in [4.78, 5) is 4.22. The summed E-state index contributed by atoms with van der Waals surface area (Å²) in [5.41, 5.74) is 4.81. The predicted molar refractivity (Wildman–Crippen MR) is 85.5 cm³/mol. The summed E-state index contributed by atoms with van der Waals surface area (Å²) in [5.74, 6) is 0.564. The second kappa shape index (κ2) is 7.21. The van der Waals surface area contributed by atoms with Gasteiger partial charge in [-0.3, -0.25) is 5.43 Å². The van der Waals surface area contributed by atoms with Crippen LogP contribution in [0.25, 0.3) is 0 Å². The Labute approximate surface area is 127 Å². The van der Waals surface area contributed by atoms with Gasteiger partial charge in [0.05, 0.1) is 18.5 Å². The van der Waals surface area contributed by atoms with Crippen LogP contribution in [0.4, 0.5) is 5.13 Å². The molecule has 0 saturated heterocycles. The third-order valence-electron chi connectivity index (χ3n) is 2.55. The van der Waals surface area contributed by atoms with E-state index in [-0.39, 0.29) is 0 Å². The molecule has 0 fully saturated rings. The monoisotopic (exact) mass is 305 g/mol. The molecule has 3 N–H and O–H groups in total. The fraction of sp³-hybridized carbons (Fsp3) is 0.231. The van der Waals surface area contributed by atoms with Crippen molar-refractivity contribution in [3.8, 4) is 5.75 Å². The SMILES string of the molecule is CCOc1cc(C=NNc2nc(C)cs2)cc(B(O)O)c1. The lowest BCUT2D eigenvalue weighted by Crippen LogP contribution is -2.30. The van der Waals surface area contributed by atoms with Crippen molar-refractivity contribution in [2.75, 3.05) is 12.0 Å². The second-order valence-corrected chi connectivity index (χ2v) is 5.16. The zero-order valence-electron chi connectivity index (χ0n) is 11.8. The van der Waals surface area contributed by atoms with Gasteiger partial charge in [-0.1, -0.05) is 6.07 Å². The van der Waals surface area contributed by atoms with E-state index in [1.54, 1.807) is 24.4 Å². The lowest BCUT2D eigenvalue weighted by molar-refractivity contribution is 0.340. The Morgan fingerprint density at radius 1 is 1.43 bits per heavy atom. The first-order valence-electron chi connectivity index (χ1n) is 6.43. The number of thiazole rings is 1. The largest absolute Gasteiger partial charge is 0.494 e. The van der Waals surface area contributed by atoms with Crippen molar-refractivity contribution in [2.24, 2.45) is 5.10 Å². The lowest BCUT2D eigenvalue weighted by atomic mass is 9.79. The molecule has 1 aromatic carbocycles. The van der Waals surface area contributed by atoms with Crippen molar-refractivity contribution in [1.82, 2.24) is 4.98 Å². The highest BCUT2D eigenvalue weighted by Crippen LogP contribution is 2.14. The van der Waals surface area contributed by atoms with Crippen molar-refractivity contribution in [3.63, 3.8) is 0 Å². The Morgan fingerprint density at radius 2 is 2.24 bits per heavy atom. The Bertz CT molecular complexity index is 631. The molecular weight excluding hydrogens is 289 g/mol. The fourth-order valence-corrected chi connectivity index (χ4v) is 2.32. The van der Waals surface area contributed by atoms with Gasteiger partial charge in [0, 0.05) is 5.38 Å². The molecule has 2 aromatic rings. The Morgan fingerprint density at radius 3 is 2.86 bits per heavy atom. The normalized spacial score (nSPS) is 10.9. The number of hydrogen-bond donors (Lipinski definition) is 3. The maximum Gasteiger partial charge on any atom is 0.488 e. The average molecular weight is 305 g/mol. The number of nitrogens with zero attached hydrogens (tertiary/aromatic N) is 2. The molecular formula is C13H16BN3O3S. The van der Waals surface area contributed by atoms with Gasteiger partial charge in [0.1, 0.15) is 5.75 Å². The van der Waals surface area contributed by atoms with E-state index in [2.05, 4.69) is 15.5 Å². The Hall–Kier alpha value is -1.90. The third-order valence-corrected chi connectivity index (χ3v) is 3.42. The maximum absolute atomic E-state index is 9.28. The zero-order chi connectivity index (χ0) is 15.2. The fourth-order valence-electron chi connectivity index (χ4n) is 1.69. The van der Waals surface area contributed by atoms with Gasteiger partial charge in [-0.2, -0.15) is 5.10 Å². The summed E-state index contributed by atoms with van der Waals surface area (Å²) < 4.78 is 5.39. The van der Waals surface area contributed by atoms with Crippen LogP contribution in [0.5, 0.6) is 5.75 Å². The molecule has 0 spiro atoms. The average Bonchev–Trinajstić information content (AvgIpc) is 2.84. The van der Waals surface area contributed by atoms with Crippen LogP contribution >= 0.6 is 11.3 Å². The number of ether oxygens (including phenoxy) is 1. The molecule has 0 radical (unpaired) electrons. The molecule has 1 aromatic heterocycles. The molecule has 0 atom stereocenters. The number of hydrogen-bond acceptors (Lipinski definition) is 7. The number of nitrogens with one attached hydrogen (secondary N) is 1. The van der Waals surface area contributed by atoms with E-state index < -0.39 is 7.12 Å². The number of benzene rings is 1. The van der Waals surface area contributed by atoms with Crippen molar-refractivity contribution in [3.05, 3.63) is 34.8 Å². The minimum Gasteiger partial charge on any atom is -0.494 e. The van der Waals surface area contributed by atoms with Crippen LogP contribution < -0.4 is 15.6 Å². The minimum absolute atomic E-state index is 0.354. The van der Waals surface area contributed by atoms with Gasteiger partial charge in [0.2, 0.25) is 5.13 Å². The van der Waals surface area contributed by atoms with Crippen LogP contribution in [-0.4, -0.2) is 35.0 Å². The highest BCUT2D eigenvalue weighted by atomic mass is 32.1. The number of anilines is 1. The van der Waals surface area contributed by atoms with Crippen LogP contribution in [0.3, 0.4) is 0 Å². The van der Waals surface area contributed by atoms with Crippen molar-refractivity contribution < 1.29 is 14.8 Å². The van der Waals surface area contributed by atoms with Gasteiger partial charge in [0.15, 0.2) is 0 Å². The third kappa shape index (κ3) is 4.56. The predicted octanol–water partition coefficient (Wildman–Crippen LogP) is 0.976. The summed E-state index contributed by atoms with van der Waals surface area (Å²) in [5, 5.41) is 25.3. The molecule has 0 amide bonds. The summed E-state index contributed by atoms with van der Waals surface area (Å²) in [7, 11) is -1.55. The van der Waals surface area contributed by atoms with Gasteiger partial charge in [-0.15, -0.1) is 11.3 Å². The van der Waals surface area contributed by atoms with Crippen molar-refractivity contribution in [1.29, 1.82) is 0 Å². The van der Waals surface area contributed by atoms with Gasteiger partial charge in [-0.05, 0) is 37.0 Å². The van der Waals surface area contributed by atoms with E-state index in [9.17, 15) is 10.0 Å². The minimum atomic E-state index is -1.55. The van der Waals surface area contributed by atoms with E-state index in [0.717, 1.165) is 5.69 Å². The smallest absolute Gasteiger partial charge is 0.488 e. The van der Waals surface area contributed by atoms with Gasteiger partial charge >= 0.3 is 7.12 Å². The van der Waals surface area contributed by atoms with Crippen LogP contribution in [0.1, 0.15) is 18.2 Å². The molecule has 0 unspecified atom stereocenters. The second-order valence-electron chi connectivity index (χ2n) is 4.31. The first-order valence-corrected chi connectivity index (χ1v) is 7.31. The Balaban J connectivity index is 2.14. The highest BCUT2D eigenvalue weighted by molar-refractivity contribution is 7.13. The summed E-state index contributed by atoms with van der Waals surface area (Å²) in [6.07, 6.45) is 1.57. The van der Waals surface area contributed by atoms with Crippen LogP contribution in [0.2, 0.25) is 0 Å². The molecule has 0 aliphatic carbocycles. The van der Waals surface area contributed by atoms with Gasteiger partial charge in [0.25, 0.3) is 0 Å². The lowest BCUT2D eigenvalue weighted by Gasteiger charge is -2.07. The molecule has 1 heterocycles. The van der Waals surface area contributed by atoms with E-state index >= 15 is 0 Å². The van der Waals surface area contributed by atoms with Gasteiger partial charge < -0.3 is 14.8 Å². The number of aromatic nitrogens is 1. The molecule has 8 heteroatoms. The summed E-state index contributed by atoms with van der Waals surface area (Å²) >= 11 is 1.46. The van der Waals surface area contributed by atoms with Crippen LogP contribution in [0, 0.1) is 6.92 Å². The summed E-state index contributed by atoms with van der Waals surface area (Å²) in [6.45, 7) is 4.27. The molecule has 0 aliphatic heterocycles. The molecule has 0 bridgehead atoms. The quantitative estimate of drug-likeness (QED) is 0.421. The standard InChI is InChI=1S/C13H16BN3O3S/c1-3-20-12-5-10(4-11(6-12)14(18)19)7-15-17-13-16-9(2)8-21-13/h4-8,18-19H,3H2,1-2H3,(H,16,17). The number of hydrazone groups is 1. The van der Waals surface area contributed by atoms with Crippen molar-refractivity contribution in [2.45, 2.75) is 13.8 Å². The Kier molecular flexibility index (Phi) is 5.32. The molecule has 6 nitrogen and oxygen atoms in total. The molecule has 110 valence electrons. The first kappa shape index (κ1) is 15.5. The first-order chi connectivity index (χ1) is 10.1. The van der Waals surface area contributed by atoms with E-state index in [1.165, 1.54) is 11.3 Å². The number of rotatable bonds is 6. The summed E-state index contributed by atoms with van der Waals surface area (Å²) in [6, 6.07) is 4.99. The topological polar surface area (TPSA) is 87.0 Å². The molecule has 2 rings (SSSR count).